The van der Waals surface area contributed by atoms with E-state index in [2.05, 4.69) is 98.3 Å². The Hall–Kier alpha value is -0.349. The van der Waals surface area contributed by atoms with Crippen LogP contribution in [0.2, 0.25) is 13.1 Å². The zero-order chi connectivity index (χ0) is 19.3. The molecule has 0 heterocycles. The molecule has 1 aliphatic carbocycles. The van der Waals surface area contributed by atoms with Crippen molar-refractivity contribution in [2.45, 2.75) is 43.6 Å². The van der Waals surface area contributed by atoms with Gasteiger partial charge in [0.1, 0.15) is 0 Å². The zero-order valence-electron chi connectivity index (χ0n) is 16.3. The number of halogens is 2. The van der Waals surface area contributed by atoms with E-state index >= 15 is 0 Å². The van der Waals surface area contributed by atoms with Crippen molar-refractivity contribution in [1.82, 2.24) is 3.80 Å². The molecule has 1 nitrogen and oxygen atoms in total. The molecule has 0 saturated carbocycles. The number of nitrogens with one attached hydrogen (secondary N) is 1. The Labute approximate surface area is 165 Å². The monoisotopic (exact) mass is 441 g/mol. The Morgan fingerprint density at radius 3 is 2.08 bits per heavy atom. The van der Waals surface area contributed by atoms with E-state index in [0.29, 0.717) is 0 Å². The molecule has 26 heavy (non-hydrogen) atoms. The van der Waals surface area contributed by atoms with E-state index in [1.807, 2.05) is 6.07 Å². The summed E-state index contributed by atoms with van der Waals surface area (Å²) in [6.07, 6.45) is 4.45. The molecular formula is C21H29Cl2NSiTi. The van der Waals surface area contributed by atoms with Gasteiger partial charge in [0.05, 0.1) is 0 Å². The number of fused-ring (bicyclic) bond motifs is 1. The molecule has 1 aliphatic rings. The number of benzene rings is 2. The van der Waals surface area contributed by atoms with Crippen molar-refractivity contribution >= 4 is 35.2 Å². The zero-order valence-corrected chi connectivity index (χ0v) is 20.5. The van der Waals surface area contributed by atoms with Gasteiger partial charge in [0.2, 0.25) is 0 Å². The summed E-state index contributed by atoms with van der Waals surface area (Å²) in [5, 5.41) is 0. The van der Waals surface area contributed by atoms with Gasteiger partial charge in [0.25, 0.3) is 0 Å². The number of hydrogen-bond donors (Lipinski definition) is 1. The maximum absolute atomic E-state index is 8.08. The van der Waals surface area contributed by atoms with Crippen LogP contribution in [0.4, 0.5) is 0 Å². The Morgan fingerprint density at radius 1 is 0.923 bits per heavy atom. The van der Waals surface area contributed by atoms with Gasteiger partial charge >= 0.3 is 166 Å². The number of hydrogen-bond acceptors (Lipinski definition) is 1. The van der Waals surface area contributed by atoms with Gasteiger partial charge < -0.3 is 0 Å². The molecule has 140 valence electrons. The molecule has 1 atom stereocenters. The maximum atomic E-state index is 8.08. The van der Waals surface area contributed by atoms with Crippen LogP contribution >= 0.6 is 18.6 Å². The average Bonchev–Trinajstić information content (AvgIpc) is 3.00. The summed E-state index contributed by atoms with van der Waals surface area (Å²) in [5.74, 6) is 0. The SMILES string of the molecule is C[SiH](C)[Ti]([Cl])([Cl])([NH]C(C)(C)C)([c]1ccccc1)[CH]1C=Cc2ccccc21. The standard InChI is InChI=1S/C9H7.C6H5.C4H10N.C2H7Si.2ClH.Ti/c1-2-5-9-7-3-6-8(9)4-1;1-2-4-6-5-3-1;1-4(2,3)5;1-3-2;;;/h1-7H;1-5H;5H,1-3H3;3H,1-2H3;2*1H;/q;;-1;;;;+3/p-2. The van der Waals surface area contributed by atoms with Crippen LogP contribution in [0.15, 0.2) is 60.7 Å². The third-order valence-electron chi connectivity index (χ3n) is 6.02. The topological polar surface area (TPSA) is 12.0 Å². The van der Waals surface area contributed by atoms with Gasteiger partial charge in [-0.05, 0) is 0 Å². The average molecular weight is 442 g/mol. The summed E-state index contributed by atoms with van der Waals surface area (Å²) >= 11 is -5.03. The summed E-state index contributed by atoms with van der Waals surface area (Å²) in [6.45, 7) is 9.50. The number of allylic oxidation sites excluding steroid dienone is 1. The van der Waals surface area contributed by atoms with Crippen molar-refractivity contribution in [3.05, 3.63) is 71.8 Å². The molecule has 2 aromatic rings. The molecule has 0 bridgehead atoms. The van der Waals surface area contributed by atoms with Crippen molar-refractivity contribution in [2.24, 2.45) is 0 Å². The third-order valence-corrected chi connectivity index (χ3v) is 48.0. The molecule has 0 radical (unpaired) electrons. The minimum absolute atomic E-state index is 0.00262. The molecule has 2 aromatic carbocycles. The fourth-order valence-electron chi connectivity index (χ4n) is 4.75. The Morgan fingerprint density at radius 2 is 1.50 bits per heavy atom. The van der Waals surface area contributed by atoms with Crippen LogP contribution in [-0.2, 0) is 11.4 Å². The van der Waals surface area contributed by atoms with Crippen molar-refractivity contribution in [2.75, 3.05) is 0 Å². The second kappa shape index (κ2) is 6.07. The van der Waals surface area contributed by atoms with Gasteiger partial charge in [-0.25, -0.2) is 0 Å². The first kappa shape index (κ1) is 20.4. The van der Waals surface area contributed by atoms with Crippen LogP contribution in [-0.4, -0.2) is 12.2 Å². The summed E-state index contributed by atoms with van der Waals surface area (Å²) in [4.78, 5) is 0. The Kier molecular flexibility index (Phi) is 4.76. The molecule has 0 spiro atoms. The normalized spacial score (nSPS) is 19.9. The minimum atomic E-state index is -5.03. The molecule has 0 aliphatic heterocycles. The first-order chi connectivity index (χ1) is 11.9. The Bertz CT molecular complexity index is 871. The molecule has 3 rings (SSSR count). The van der Waals surface area contributed by atoms with E-state index in [1.54, 1.807) is 0 Å². The van der Waals surface area contributed by atoms with Gasteiger partial charge in [-0.1, -0.05) is 0 Å². The van der Waals surface area contributed by atoms with E-state index in [0.717, 1.165) is 3.87 Å². The Balaban J connectivity index is 2.43. The van der Waals surface area contributed by atoms with Gasteiger partial charge in [-0.2, -0.15) is 0 Å². The van der Waals surface area contributed by atoms with E-state index < -0.39 is 18.1 Å². The van der Waals surface area contributed by atoms with Crippen LogP contribution < -0.4 is 7.67 Å². The van der Waals surface area contributed by atoms with Gasteiger partial charge in [0.15, 0.2) is 0 Å². The molecule has 1 unspecified atom stereocenters. The fourth-order valence-corrected chi connectivity index (χ4v) is 30.8. The van der Waals surface area contributed by atoms with Crippen LogP contribution in [0.3, 0.4) is 0 Å². The molecule has 0 aromatic heterocycles. The first-order valence-electron chi connectivity index (χ1n) is 9.34. The molecule has 0 fully saturated rings. The van der Waals surface area contributed by atoms with Crippen molar-refractivity contribution in [3.63, 3.8) is 0 Å². The van der Waals surface area contributed by atoms with Crippen molar-refractivity contribution in [1.29, 1.82) is 0 Å². The van der Waals surface area contributed by atoms with Crippen LogP contribution in [0.25, 0.3) is 6.08 Å². The second-order valence-electron chi connectivity index (χ2n) is 9.12. The van der Waals surface area contributed by atoms with E-state index in [-0.39, 0.29) is 9.76 Å². The third kappa shape index (κ3) is 2.82. The quantitative estimate of drug-likeness (QED) is 0.582. The van der Waals surface area contributed by atoms with Crippen molar-refractivity contribution in [3.8, 4) is 0 Å². The van der Waals surface area contributed by atoms with E-state index in [4.69, 9.17) is 18.6 Å². The number of rotatable bonds is 4. The van der Waals surface area contributed by atoms with Crippen LogP contribution in [0, 0.1) is 0 Å². The van der Waals surface area contributed by atoms with Gasteiger partial charge in [-0.3, -0.25) is 0 Å². The predicted octanol–water partition coefficient (Wildman–Crippen LogP) is 5.90. The summed E-state index contributed by atoms with van der Waals surface area (Å²) < 4.78 is 5.06. The van der Waals surface area contributed by atoms with E-state index in [9.17, 15) is 0 Å². The van der Waals surface area contributed by atoms with E-state index in [1.165, 1.54) is 11.1 Å². The van der Waals surface area contributed by atoms with Crippen LogP contribution in [0.1, 0.15) is 36.1 Å². The predicted molar refractivity (Wildman–Crippen MR) is 118 cm³/mol. The van der Waals surface area contributed by atoms with Crippen LogP contribution in [0.5, 0.6) is 0 Å². The molecule has 5 heteroatoms. The molecule has 0 saturated heterocycles. The summed E-state index contributed by atoms with van der Waals surface area (Å²) in [7, 11) is 16.2. The van der Waals surface area contributed by atoms with Gasteiger partial charge in [-0.15, -0.1) is 0 Å². The second-order valence-corrected chi connectivity index (χ2v) is 42.8. The fraction of sp³-hybridized carbons (Fsp3) is 0.333. The molecule has 0 amide bonds. The first-order valence-corrected chi connectivity index (χ1v) is 21.7. The molecular weight excluding hydrogens is 413 g/mol. The summed E-state index contributed by atoms with van der Waals surface area (Å²) in [5.41, 5.74) is 2.28. The summed E-state index contributed by atoms with van der Waals surface area (Å²) in [6, 6.07) is 19.0. The van der Waals surface area contributed by atoms with Crippen molar-refractivity contribution < 1.29 is 11.4 Å². The van der Waals surface area contributed by atoms with Gasteiger partial charge in [0, 0.05) is 0 Å². The molecule has 1 N–H and O–H groups in total.